The molecular formula is C35H50N4O4. The highest BCUT2D eigenvalue weighted by Crippen LogP contribution is 2.41. The van der Waals surface area contributed by atoms with Gasteiger partial charge >= 0.3 is 6.09 Å². The average molecular weight is 591 g/mol. The van der Waals surface area contributed by atoms with E-state index in [9.17, 15) is 9.59 Å². The summed E-state index contributed by atoms with van der Waals surface area (Å²) >= 11 is 0. The molecule has 4 rings (SSSR count). The zero-order valence-electron chi connectivity index (χ0n) is 27.3. The van der Waals surface area contributed by atoms with Gasteiger partial charge in [0.05, 0.1) is 0 Å². The van der Waals surface area contributed by atoms with Gasteiger partial charge in [0.25, 0.3) is 5.91 Å². The highest BCUT2D eigenvalue weighted by Gasteiger charge is 2.51. The molecule has 3 amide bonds. The molecule has 1 aliphatic carbocycles. The van der Waals surface area contributed by atoms with Gasteiger partial charge in [-0.25, -0.2) is 4.79 Å². The van der Waals surface area contributed by atoms with Gasteiger partial charge in [-0.2, -0.15) is 0 Å². The van der Waals surface area contributed by atoms with E-state index in [0.29, 0.717) is 24.2 Å². The Labute approximate surface area is 257 Å². The second-order valence-corrected chi connectivity index (χ2v) is 14.9. The first-order valence-electron chi connectivity index (χ1n) is 15.7. The molecule has 1 aromatic carbocycles. The van der Waals surface area contributed by atoms with Crippen LogP contribution in [0.25, 0.3) is 0 Å². The molecule has 2 atom stereocenters. The molecule has 1 saturated heterocycles. The number of likely N-dealkylation sites (tertiary alicyclic amines) is 1. The Balaban J connectivity index is 1.83. The molecule has 0 spiro atoms. The highest BCUT2D eigenvalue weighted by molar-refractivity contribution is 6.05. The third kappa shape index (κ3) is 7.76. The predicted molar refractivity (Wildman–Crippen MR) is 170 cm³/mol. The third-order valence-corrected chi connectivity index (χ3v) is 8.62. The first-order valence-corrected chi connectivity index (χ1v) is 15.7. The second kappa shape index (κ2) is 12.7. The van der Waals surface area contributed by atoms with Crippen molar-refractivity contribution in [3.05, 3.63) is 59.9 Å². The van der Waals surface area contributed by atoms with Gasteiger partial charge in [0.2, 0.25) is 5.91 Å². The Bertz CT molecular complexity index is 1270. The number of carbonyl (C=O) groups excluding carboxylic acids is 3. The Morgan fingerprint density at radius 3 is 2.21 bits per heavy atom. The Morgan fingerprint density at radius 2 is 1.65 bits per heavy atom. The Morgan fingerprint density at radius 1 is 1.00 bits per heavy atom. The zero-order valence-corrected chi connectivity index (χ0v) is 27.3. The molecule has 8 heteroatoms. The summed E-state index contributed by atoms with van der Waals surface area (Å²) in [6, 6.07) is 9.74. The van der Waals surface area contributed by atoms with E-state index in [1.54, 1.807) is 28.3 Å². The molecule has 43 heavy (non-hydrogen) atoms. The van der Waals surface area contributed by atoms with Gasteiger partial charge in [-0.1, -0.05) is 72.1 Å². The average Bonchev–Trinajstić information content (AvgIpc) is 3.26. The van der Waals surface area contributed by atoms with Gasteiger partial charge < -0.3 is 10.1 Å². The van der Waals surface area contributed by atoms with E-state index < -0.39 is 29.2 Å². The number of nitrogens with zero attached hydrogens (tertiary/aromatic N) is 3. The molecule has 1 N–H and O–H groups in total. The number of anilines is 1. The SMILES string of the molecule is CC(C)(C)OC(=O)N1CCC(C)(C)[C@@H]1C(=O)N(c1ccc(C(C)(C)C)cc1)C(C(=O)NC1CCCCC1)c1cccnc1. The van der Waals surface area contributed by atoms with Crippen LogP contribution in [0.1, 0.15) is 111 Å². The molecule has 1 saturated carbocycles. The fraction of sp³-hybridized carbons (Fsp3) is 0.600. The summed E-state index contributed by atoms with van der Waals surface area (Å²) in [5.41, 5.74) is 0.982. The fourth-order valence-corrected chi connectivity index (χ4v) is 6.22. The number of aromatic nitrogens is 1. The van der Waals surface area contributed by atoms with Crippen molar-refractivity contribution in [2.24, 2.45) is 5.41 Å². The van der Waals surface area contributed by atoms with Gasteiger partial charge in [-0.3, -0.25) is 24.4 Å². The standard InChI is InChI=1S/C35H50N4O4/c1-33(2,3)25-16-18-27(19-17-25)39(31(41)29-35(7,8)20-22-38(29)32(42)43-34(4,5)6)28(24-13-12-21-36-23-24)30(40)37-26-14-10-9-11-15-26/h12-13,16-19,21,23,26,28-29H,9-11,14-15,20,22H2,1-8H3,(H,37,40)/t28?,29-/m0/s1. The Kier molecular flexibility index (Phi) is 9.57. The van der Waals surface area contributed by atoms with E-state index in [0.717, 1.165) is 31.2 Å². The second-order valence-electron chi connectivity index (χ2n) is 14.9. The van der Waals surface area contributed by atoms with Crippen molar-refractivity contribution in [2.75, 3.05) is 11.4 Å². The molecule has 2 aliphatic rings. The number of amides is 3. The molecule has 2 heterocycles. The van der Waals surface area contributed by atoms with Crippen LogP contribution in [-0.4, -0.2) is 52.0 Å². The highest BCUT2D eigenvalue weighted by atomic mass is 16.6. The minimum absolute atomic E-state index is 0.0572. The number of ether oxygens (including phenoxy) is 1. The molecule has 1 aliphatic heterocycles. The van der Waals surface area contributed by atoms with E-state index in [4.69, 9.17) is 4.74 Å². The van der Waals surface area contributed by atoms with Crippen molar-refractivity contribution in [3.63, 3.8) is 0 Å². The van der Waals surface area contributed by atoms with E-state index in [1.807, 2.05) is 65.0 Å². The van der Waals surface area contributed by atoms with Gasteiger partial charge in [-0.05, 0) is 74.6 Å². The van der Waals surface area contributed by atoms with Crippen LogP contribution in [0.2, 0.25) is 0 Å². The van der Waals surface area contributed by atoms with Crippen LogP contribution in [0.4, 0.5) is 10.5 Å². The van der Waals surface area contributed by atoms with E-state index in [2.05, 4.69) is 31.1 Å². The van der Waals surface area contributed by atoms with Crippen molar-refractivity contribution in [3.8, 4) is 0 Å². The normalized spacial score (nSPS) is 19.9. The first kappa shape index (κ1) is 32.5. The monoisotopic (exact) mass is 590 g/mol. The lowest BCUT2D eigenvalue weighted by Crippen LogP contribution is -2.56. The van der Waals surface area contributed by atoms with Crippen LogP contribution in [0, 0.1) is 5.41 Å². The van der Waals surface area contributed by atoms with Gasteiger partial charge in [0.15, 0.2) is 0 Å². The van der Waals surface area contributed by atoms with Crippen molar-refractivity contribution in [1.82, 2.24) is 15.2 Å². The van der Waals surface area contributed by atoms with Crippen LogP contribution in [0.5, 0.6) is 0 Å². The minimum atomic E-state index is -0.972. The molecule has 2 fully saturated rings. The van der Waals surface area contributed by atoms with Gasteiger partial charge in [0, 0.05) is 36.2 Å². The number of benzene rings is 1. The lowest BCUT2D eigenvalue weighted by molar-refractivity contribution is -0.130. The van der Waals surface area contributed by atoms with Crippen molar-refractivity contribution < 1.29 is 19.1 Å². The lowest BCUT2D eigenvalue weighted by atomic mass is 9.83. The summed E-state index contributed by atoms with van der Waals surface area (Å²) in [5, 5.41) is 3.27. The minimum Gasteiger partial charge on any atom is -0.444 e. The number of hydrogen-bond donors (Lipinski definition) is 1. The van der Waals surface area contributed by atoms with Crippen molar-refractivity contribution in [1.29, 1.82) is 0 Å². The van der Waals surface area contributed by atoms with Gasteiger partial charge in [-0.15, -0.1) is 0 Å². The molecule has 1 unspecified atom stereocenters. The maximum atomic E-state index is 15.0. The Hall–Kier alpha value is -3.42. The van der Waals surface area contributed by atoms with Crippen LogP contribution >= 0.6 is 0 Å². The number of pyridine rings is 1. The molecule has 234 valence electrons. The maximum Gasteiger partial charge on any atom is 0.410 e. The van der Waals surface area contributed by atoms with Gasteiger partial charge in [0.1, 0.15) is 17.7 Å². The summed E-state index contributed by atoms with van der Waals surface area (Å²) in [5.74, 6) is -0.558. The van der Waals surface area contributed by atoms with E-state index >= 15 is 4.79 Å². The topological polar surface area (TPSA) is 91.8 Å². The molecule has 0 bridgehead atoms. The van der Waals surface area contributed by atoms with Crippen LogP contribution < -0.4 is 10.2 Å². The third-order valence-electron chi connectivity index (χ3n) is 8.62. The largest absolute Gasteiger partial charge is 0.444 e. The predicted octanol–water partition coefficient (Wildman–Crippen LogP) is 6.94. The first-order chi connectivity index (χ1) is 20.1. The van der Waals surface area contributed by atoms with E-state index in [-0.39, 0.29) is 23.3 Å². The molecule has 0 radical (unpaired) electrons. The number of hydrogen-bond acceptors (Lipinski definition) is 5. The molecule has 2 aromatic rings. The fourth-order valence-electron chi connectivity index (χ4n) is 6.22. The quantitative estimate of drug-likeness (QED) is 0.394. The van der Waals surface area contributed by atoms with Crippen molar-refractivity contribution >= 4 is 23.6 Å². The lowest BCUT2D eigenvalue weighted by Gasteiger charge is -2.39. The van der Waals surface area contributed by atoms with Crippen LogP contribution in [0.15, 0.2) is 48.8 Å². The molecule has 1 aromatic heterocycles. The summed E-state index contributed by atoms with van der Waals surface area (Å²) < 4.78 is 5.75. The molecule has 8 nitrogen and oxygen atoms in total. The number of carbonyl (C=O) groups is 3. The summed E-state index contributed by atoms with van der Waals surface area (Å²) in [6.07, 6.45) is 8.56. The summed E-state index contributed by atoms with van der Waals surface area (Å²) in [4.78, 5) is 50.2. The molecular weight excluding hydrogens is 540 g/mol. The maximum absolute atomic E-state index is 15.0. The summed E-state index contributed by atoms with van der Waals surface area (Å²) in [7, 11) is 0. The van der Waals surface area contributed by atoms with Crippen molar-refractivity contribution in [2.45, 2.75) is 123 Å². The van der Waals surface area contributed by atoms with Crippen LogP contribution in [-0.2, 0) is 19.7 Å². The zero-order chi connectivity index (χ0) is 31.6. The number of nitrogens with one attached hydrogen (secondary N) is 1. The number of rotatable bonds is 6. The van der Waals surface area contributed by atoms with Crippen LogP contribution in [0.3, 0.4) is 0 Å². The van der Waals surface area contributed by atoms with E-state index in [1.165, 1.54) is 6.42 Å². The smallest absolute Gasteiger partial charge is 0.410 e. The summed E-state index contributed by atoms with van der Waals surface area (Å²) in [6.45, 7) is 16.3.